The molecule has 0 fully saturated rings. The van der Waals surface area contributed by atoms with Gasteiger partial charge in [-0.05, 0) is 30.7 Å². The molecule has 0 heterocycles. The van der Waals surface area contributed by atoms with Crippen LogP contribution >= 0.6 is 0 Å². The lowest BCUT2D eigenvalue weighted by Gasteiger charge is -2.22. The van der Waals surface area contributed by atoms with E-state index in [2.05, 4.69) is 6.92 Å². The Morgan fingerprint density at radius 3 is 2.45 bits per heavy atom. The van der Waals surface area contributed by atoms with Gasteiger partial charge in [0.2, 0.25) is 0 Å². The molecule has 22 heavy (non-hydrogen) atoms. The van der Waals surface area contributed by atoms with Crippen LogP contribution in [0, 0.1) is 5.82 Å². The number of nitrogens with zero attached hydrogens (tertiary/aromatic N) is 1. The SMILES string of the molecule is CCCCN(C(=O)COc1ccccc1F)c1ccccc1. The van der Waals surface area contributed by atoms with Crippen molar-refractivity contribution in [3.63, 3.8) is 0 Å². The first-order valence-electron chi connectivity index (χ1n) is 7.45. The molecule has 0 aliphatic heterocycles. The smallest absolute Gasteiger partial charge is 0.264 e. The van der Waals surface area contributed by atoms with Gasteiger partial charge in [0.25, 0.3) is 5.91 Å². The Balaban J connectivity index is 2.04. The summed E-state index contributed by atoms with van der Waals surface area (Å²) in [6.07, 6.45) is 1.89. The summed E-state index contributed by atoms with van der Waals surface area (Å²) in [6.45, 7) is 2.52. The molecule has 0 atom stereocenters. The molecule has 0 N–H and O–H groups in total. The highest BCUT2D eigenvalue weighted by Crippen LogP contribution is 2.17. The number of amides is 1. The number of carbonyl (C=O) groups excluding carboxylic acids is 1. The van der Waals surface area contributed by atoms with Crippen LogP contribution in [-0.4, -0.2) is 19.1 Å². The fourth-order valence-electron chi connectivity index (χ4n) is 2.10. The van der Waals surface area contributed by atoms with Crippen molar-refractivity contribution in [2.45, 2.75) is 19.8 Å². The minimum atomic E-state index is -0.463. The molecule has 1 amide bonds. The summed E-state index contributed by atoms with van der Waals surface area (Å²) >= 11 is 0. The van der Waals surface area contributed by atoms with E-state index in [1.54, 1.807) is 17.0 Å². The minimum absolute atomic E-state index is 0.0966. The van der Waals surface area contributed by atoms with Crippen molar-refractivity contribution in [3.8, 4) is 5.75 Å². The van der Waals surface area contributed by atoms with Gasteiger partial charge in [-0.2, -0.15) is 0 Å². The molecule has 0 unspecified atom stereocenters. The van der Waals surface area contributed by atoms with Gasteiger partial charge in [0.05, 0.1) is 0 Å². The fourth-order valence-corrected chi connectivity index (χ4v) is 2.10. The third kappa shape index (κ3) is 4.32. The Bertz CT molecular complexity index is 601. The second-order valence-corrected chi connectivity index (χ2v) is 4.95. The minimum Gasteiger partial charge on any atom is -0.481 e. The maximum absolute atomic E-state index is 13.5. The number of benzene rings is 2. The summed E-state index contributed by atoms with van der Waals surface area (Å²) in [5.41, 5.74) is 0.832. The van der Waals surface area contributed by atoms with Crippen molar-refractivity contribution in [3.05, 3.63) is 60.4 Å². The van der Waals surface area contributed by atoms with Crippen molar-refractivity contribution < 1.29 is 13.9 Å². The molecule has 0 saturated heterocycles. The van der Waals surface area contributed by atoms with E-state index in [1.807, 2.05) is 30.3 Å². The van der Waals surface area contributed by atoms with Gasteiger partial charge >= 0.3 is 0 Å². The zero-order chi connectivity index (χ0) is 15.8. The van der Waals surface area contributed by atoms with Crippen molar-refractivity contribution in [2.24, 2.45) is 0 Å². The van der Waals surface area contributed by atoms with Crippen LogP contribution in [-0.2, 0) is 4.79 Å². The molecule has 2 aromatic rings. The standard InChI is InChI=1S/C18H20FNO2/c1-2-3-13-20(15-9-5-4-6-10-15)18(21)14-22-17-12-8-7-11-16(17)19/h4-12H,2-3,13-14H2,1H3. The average Bonchev–Trinajstić information content (AvgIpc) is 2.55. The molecule has 116 valence electrons. The number of para-hydroxylation sites is 2. The Morgan fingerprint density at radius 2 is 1.77 bits per heavy atom. The van der Waals surface area contributed by atoms with Gasteiger partial charge in [-0.25, -0.2) is 4.39 Å². The van der Waals surface area contributed by atoms with Crippen molar-refractivity contribution in [2.75, 3.05) is 18.1 Å². The first-order chi connectivity index (χ1) is 10.7. The number of ether oxygens (including phenoxy) is 1. The summed E-state index contributed by atoms with van der Waals surface area (Å²) < 4.78 is 18.8. The number of anilines is 1. The van der Waals surface area contributed by atoms with E-state index >= 15 is 0 Å². The summed E-state index contributed by atoms with van der Waals surface area (Å²) in [4.78, 5) is 14.1. The highest BCUT2D eigenvalue weighted by molar-refractivity contribution is 5.94. The molecular weight excluding hydrogens is 281 g/mol. The van der Waals surface area contributed by atoms with E-state index in [4.69, 9.17) is 4.74 Å². The van der Waals surface area contributed by atoms with Crippen molar-refractivity contribution in [1.29, 1.82) is 0 Å². The zero-order valence-electron chi connectivity index (χ0n) is 12.7. The van der Waals surface area contributed by atoms with Crippen LogP contribution < -0.4 is 9.64 Å². The lowest BCUT2D eigenvalue weighted by Crippen LogP contribution is -2.35. The molecule has 0 radical (unpaired) electrons. The first-order valence-corrected chi connectivity index (χ1v) is 7.45. The lowest BCUT2D eigenvalue weighted by atomic mass is 10.2. The van der Waals surface area contributed by atoms with Crippen LogP contribution in [0.5, 0.6) is 5.75 Å². The fraction of sp³-hybridized carbons (Fsp3) is 0.278. The second-order valence-electron chi connectivity index (χ2n) is 4.95. The van der Waals surface area contributed by atoms with Gasteiger partial charge in [-0.1, -0.05) is 43.7 Å². The van der Waals surface area contributed by atoms with Crippen LogP contribution in [0.4, 0.5) is 10.1 Å². The molecule has 0 aromatic heterocycles. The number of unbranched alkanes of at least 4 members (excludes halogenated alkanes) is 1. The lowest BCUT2D eigenvalue weighted by molar-refractivity contribution is -0.120. The summed E-state index contributed by atoms with van der Waals surface area (Å²) in [6, 6.07) is 15.5. The zero-order valence-corrected chi connectivity index (χ0v) is 12.7. The van der Waals surface area contributed by atoms with Gasteiger partial charge in [-0.3, -0.25) is 4.79 Å². The Hall–Kier alpha value is -2.36. The molecule has 2 rings (SSSR count). The van der Waals surface area contributed by atoms with E-state index in [0.29, 0.717) is 6.54 Å². The molecule has 2 aromatic carbocycles. The van der Waals surface area contributed by atoms with E-state index in [9.17, 15) is 9.18 Å². The summed E-state index contributed by atoms with van der Waals surface area (Å²) in [5.74, 6) is -0.544. The monoisotopic (exact) mass is 301 g/mol. The van der Waals surface area contributed by atoms with E-state index in [-0.39, 0.29) is 18.3 Å². The van der Waals surface area contributed by atoms with Crippen LogP contribution in [0.15, 0.2) is 54.6 Å². The Kier molecular flexibility index (Phi) is 5.95. The quantitative estimate of drug-likeness (QED) is 0.772. The number of rotatable bonds is 7. The maximum atomic E-state index is 13.5. The third-order valence-corrected chi connectivity index (χ3v) is 3.29. The number of carbonyl (C=O) groups is 1. The predicted molar refractivity (Wildman–Crippen MR) is 85.6 cm³/mol. The number of halogens is 1. The highest BCUT2D eigenvalue weighted by atomic mass is 19.1. The van der Waals surface area contributed by atoms with Gasteiger partial charge in [0, 0.05) is 12.2 Å². The van der Waals surface area contributed by atoms with E-state index < -0.39 is 5.82 Å². The van der Waals surface area contributed by atoms with Crippen LogP contribution in [0.1, 0.15) is 19.8 Å². The summed E-state index contributed by atoms with van der Waals surface area (Å²) in [5, 5.41) is 0. The van der Waals surface area contributed by atoms with Crippen LogP contribution in [0.2, 0.25) is 0 Å². The normalized spacial score (nSPS) is 10.3. The molecule has 0 bridgehead atoms. The van der Waals surface area contributed by atoms with Crippen LogP contribution in [0.25, 0.3) is 0 Å². The Morgan fingerprint density at radius 1 is 1.09 bits per heavy atom. The molecule has 0 aliphatic rings. The maximum Gasteiger partial charge on any atom is 0.264 e. The van der Waals surface area contributed by atoms with Gasteiger partial charge < -0.3 is 9.64 Å². The molecule has 0 spiro atoms. The van der Waals surface area contributed by atoms with Gasteiger partial charge in [0.1, 0.15) is 0 Å². The average molecular weight is 301 g/mol. The van der Waals surface area contributed by atoms with Crippen LogP contribution in [0.3, 0.4) is 0 Å². The third-order valence-electron chi connectivity index (χ3n) is 3.29. The van der Waals surface area contributed by atoms with Crippen molar-refractivity contribution in [1.82, 2.24) is 0 Å². The topological polar surface area (TPSA) is 29.5 Å². The number of hydrogen-bond donors (Lipinski definition) is 0. The highest BCUT2D eigenvalue weighted by Gasteiger charge is 2.16. The largest absolute Gasteiger partial charge is 0.481 e. The second kappa shape index (κ2) is 8.17. The predicted octanol–water partition coefficient (Wildman–Crippen LogP) is 4.04. The van der Waals surface area contributed by atoms with E-state index in [0.717, 1.165) is 18.5 Å². The van der Waals surface area contributed by atoms with Gasteiger partial charge in [-0.15, -0.1) is 0 Å². The molecule has 3 nitrogen and oxygen atoms in total. The van der Waals surface area contributed by atoms with Gasteiger partial charge in [0.15, 0.2) is 18.2 Å². The molecule has 0 saturated carbocycles. The van der Waals surface area contributed by atoms with E-state index in [1.165, 1.54) is 12.1 Å². The van der Waals surface area contributed by atoms with Crippen molar-refractivity contribution >= 4 is 11.6 Å². The molecular formula is C18H20FNO2. The first kappa shape index (κ1) is 16.0. The Labute approximate surface area is 130 Å². The molecule has 0 aliphatic carbocycles. The number of hydrogen-bond acceptors (Lipinski definition) is 2. The summed E-state index contributed by atoms with van der Waals surface area (Å²) in [7, 11) is 0. The molecule has 4 heteroatoms.